The van der Waals surface area contributed by atoms with Gasteiger partial charge in [0, 0.05) is 15.5 Å². The fourth-order valence-corrected chi connectivity index (χ4v) is 2.60. The molecule has 0 saturated heterocycles. The van der Waals surface area contributed by atoms with Gasteiger partial charge in [0.1, 0.15) is 0 Å². The van der Waals surface area contributed by atoms with Crippen molar-refractivity contribution >= 4 is 27.4 Å². The summed E-state index contributed by atoms with van der Waals surface area (Å²) >= 11 is 1.49. The molecule has 78 valence electrons. The van der Waals surface area contributed by atoms with Crippen LogP contribution in [0.5, 0.6) is 0 Å². The molecule has 0 spiro atoms. The molecular formula is C12H12O2S. The number of fused-ring (bicyclic) bond motifs is 1. The van der Waals surface area contributed by atoms with Gasteiger partial charge < -0.3 is 5.11 Å². The quantitative estimate of drug-likeness (QED) is 0.858. The molecule has 0 amide bonds. The van der Waals surface area contributed by atoms with Crippen LogP contribution in [0.1, 0.15) is 29.3 Å². The highest BCUT2D eigenvalue weighted by atomic mass is 32.1. The Morgan fingerprint density at radius 3 is 2.93 bits per heavy atom. The Hall–Kier alpha value is -1.35. The van der Waals surface area contributed by atoms with Gasteiger partial charge in [0.25, 0.3) is 0 Å². The fraction of sp³-hybridized carbons (Fsp3) is 0.250. The predicted molar refractivity (Wildman–Crippen MR) is 62.8 cm³/mol. The smallest absolute Gasteiger partial charge is 0.337 e. The molecule has 2 rings (SSSR count). The highest BCUT2D eigenvalue weighted by molar-refractivity contribution is 7.17. The van der Waals surface area contributed by atoms with E-state index < -0.39 is 5.97 Å². The summed E-state index contributed by atoms with van der Waals surface area (Å²) in [6.07, 6.45) is 2.09. The molecule has 1 aromatic heterocycles. The van der Waals surface area contributed by atoms with Gasteiger partial charge in [-0.1, -0.05) is 19.4 Å². The number of thiophene rings is 1. The maximum atomic E-state index is 11.0. The van der Waals surface area contributed by atoms with Crippen LogP contribution in [0.3, 0.4) is 0 Å². The van der Waals surface area contributed by atoms with E-state index in [9.17, 15) is 4.79 Å². The first kappa shape index (κ1) is 10.2. The lowest BCUT2D eigenvalue weighted by Crippen LogP contribution is -1.94. The second-order valence-corrected chi connectivity index (χ2v) is 4.45. The number of carboxylic acid groups (broad SMARTS) is 1. The largest absolute Gasteiger partial charge is 0.478 e. The summed E-state index contributed by atoms with van der Waals surface area (Å²) in [6, 6.07) is 6.09. The maximum absolute atomic E-state index is 11.0. The maximum Gasteiger partial charge on any atom is 0.337 e. The SMILES string of the molecule is CCCc1ccc2scc(C(=O)O)c2c1. The Kier molecular flexibility index (Phi) is 2.73. The topological polar surface area (TPSA) is 37.3 Å². The summed E-state index contributed by atoms with van der Waals surface area (Å²) in [5, 5.41) is 11.6. The number of hydrogen-bond donors (Lipinski definition) is 1. The Morgan fingerprint density at radius 2 is 2.27 bits per heavy atom. The molecule has 2 aromatic rings. The van der Waals surface area contributed by atoms with E-state index in [-0.39, 0.29) is 0 Å². The Labute approximate surface area is 92.2 Å². The first-order valence-corrected chi connectivity index (χ1v) is 5.83. The molecule has 1 N–H and O–H groups in total. The van der Waals surface area contributed by atoms with Crippen molar-refractivity contribution in [2.24, 2.45) is 0 Å². The predicted octanol–water partition coefficient (Wildman–Crippen LogP) is 3.55. The minimum Gasteiger partial charge on any atom is -0.478 e. The molecule has 0 aliphatic rings. The highest BCUT2D eigenvalue weighted by Crippen LogP contribution is 2.27. The average Bonchev–Trinajstić information content (AvgIpc) is 2.61. The number of carbonyl (C=O) groups is 1. The molecular weight excluding hydrogens is 208 g/mol. The lowest BCUT2D eigenvalue weighted by atomic mass is 10.1. The van der Waals surface area contributed by atoms with Crippen LogP contribution in [0, 0.1) is 0 Å². The summed E-state index contributed by atoms with van der Waals surface area (Å²) in [5.74, 6) is -0.838. The molecule has 0 atom stereocenters. The van der Waals surface area contributed by atoms with E-state index in [2.05, 4.69) is 13.0 Å². The lowest BCUT2D eigenvalue weighted by Gasteiger charge is -1.99. The number of aryl methyl sites for hydroxylation is 1. The summed E-state index contributed by atoms with van der Waals surface area (Å²) in [6.45, 7) is 2.12. The van der Waals surface area contributed by atoms with Crippen molar-refractivity contribution in [2.45, 2.75) is 19.8 Å². The summed E-state index contributed by atoms with van der Waals surface area (Å²) < 4.78 is 1.05. The van der Waals surface area contributed by atoms with Gasteiger partial charge in [-0.15, -0.1) is 11.3 Å². The summed E-state index contributed by atoms with van der Waals surface area (Å²) in [5.41, 5.74) is 1.64. The molecule has 1 aromatic carbocycles. The summed E-state index contributed by atoms with van der Waals surface area (Å²) in [4.78, 5) is 11.0. The fourth-order valence-electron chi connectivity index (χ4n) is 1.69. The van der Waals surface area contributed by atoms with Crippen LogP contribution >= 0.6 is 11.3 Å². The van der Waals surface area contributed by atoms with E-state index in [0.29, 0.717) is 5.56 Å². The van der Waals surface area contributed by atoms with E-state index in [1.165, 1.54) is 16.9 Å². The molecule has 0 bridgehead atoms. The van der Waals surface area contributed by atoms with Gasteiger partial charge in [0.05, 0.1) is 5.56 Å². The van der Waals surface area contributed by atoms with Crippen molar-refractivity contribution in [3.8, 4) is 0 Å². The number of hydrogen-bond acceptors (Lipinski definition) is 2. The minimum absolute atomic E-state index is 0.424. The van der Waals surface area contributed by atoms with Crippen LogP contribution in [-0.2, 0) is 6.42 Å². The van der Waals surface area contributed by atoms with Gasteiger partial charge in [-0.25, -0.2) is 4.79 Å². The summed E-state index contributed by atoms with van der Waals surface area (Å²) in [7, 11) is 0. The third-order valence-electron chi connectivity index (χ3n) is 2.41. The number of rotatable bonds is 3. The lowest BCUT2D eigenvalue weighted by molar-refractivity contribution is 0.0699. The first-order chi connectivity index (χ1) is 7.22. The van der Waals surface area contributed by atoms with E-state index in [1.54, 1.807) is 5.38 Å². The van der Waals surface area contributed by atoms with E-state index in [0.717, 1.165) is 22.9 Å². The van der Waals surface area contributed by atoms with E-state index in [1.807, 2.05) is 12.1 Å². The second-order valence-electron chi connectivity index (χ2n) is 3.54. The van der Waals surface area contributed by atoms with Gasteiger partial charge >= 0.3 is 5.97 Å². The van der Waals surface area contributed by atoms with Crippen LogP contribution in [-0.4, -0.2) is 11.1 Å². The van der Waals surface area contributed by atoms with Gasteiger partial charge in [-0.3, -0.25) is 0 Å². The van der Waals surface area contributed by atoms with Gasteiger partial charge in [0.15, 0.2) is 0 Å². The van der Waals surface area contributed by atoms with Crippen molar-refractivity contribution in [3.05, 3.63) is 34.7 Å². The van der Waals surface area contributed by atoms with Crippen molar-refractivity contribution in [3.63, 3.8) is 0 Å². The molecule has 0 radical (unpaired) electrons. The first-order valence-electron chi connectivity index (χ1n) is 4.95. The van der Waals surface area contributed by atoms with Crippen LogP contribution in [0.2, 0.25) is 0 Å². The standard InChI is InChI=1S/C12H12O2S/c1-2-3-8-4-5-11-9(6-8)10(7-15-11)12(13)14/h4-7H,2-3H2,1H3,(H,13,14). The van der Waals surface area contributed by atoms with Crippen molar-refractivity contribution in [2.75, 3.05) is 0 Å². The molecule has 1 heterocycles. The highest BCUT2D eigenvalue weighted by Gasteiger charge is 2.10. The zero-order valence-corrected chi connectivity index (χ0v) is 9.30. The molecule has 0 aliphatic carbocycles. The molecule has 15 heavy (non-hydrogen) atoms. The second kappa shape index (κ2) is 4.03. The molecule has 2 nitrogen and oxygen atoms in total. The number of benzene rings is 1. The minimum atomic E-state index is -0.838. The monoisotopic (exact) mass is 220 g/mol. The zero-order chi connectivity index (χ0) is 10.8. The number of aromatic carboxylic acids is 1. The van der Waals surface area contributed by atoms with Gasteiger partial charge in [0.2, 0.25) is 0 Å². The van der Waals surface area contributed by atoms with E-state index >= 15 is 0 Å². The van der Waals surface area contributed by atoms with Crippen molar-refractivity contribution < 1.29 is 9.90 Å². The third kappa shape index (κ3) is 1.88. The number of carboxylic acids is 1. The Balaban J connectivity index is 2.56. The Morgan fingerprint density at radius 1 is 1.47 bits per heavy atom. The molecule has 0 saturated carbocycles. The average molecular weight is 220 g/mol. The molecule has 0 aliphatic heterocycles. The van der Waals surface area contributed by atoms with Crippen LogP contribution in [0.4, 0.5) is 0 Å². The molecule has 0 unspecified atom stereocenters. The van der Waals surface area contributed by atoms with Crippen molar-refractivity contribution in [1.29, 1.82) is 0 Å². The van der Waals surface area contributed by atoms with Crippen LogP contribution < -0.4 is 0 Å². The van der Waals surface area contributed by atoms with Gasteiger partial charge in [-0.2, -0.15) is 0 Å². The molecule has 0 fully saturated rings. The Bertz CT molecular complexity index is 499. The third-order valence-corrected chi connectivity index (χ3v) is 3.37. The molecule has 3 heteroatoms. The van der Waals surface area contributed by atoms with Crippen molar-refractivity contribution in [1.82, 2.24) is 0 Å². The zero-order valence-electron chi connectivity index (χ0n) is 8.49. The van der Waals surface area contributed by atoms with Crippen LogP contribution in [0.15, 0.2) is 23.6 Å². The van der Waals surface area contributed by atoms with Gasteiger partial charge in [-0.05, 0) is 24.1 Å². The van der Waals surface area contributed by atoms with Crippen LogP contribution in [0.25, 0.3) is 10.1 Å². The normalized spacial score (nSPS) is 10.7. The van der Waals surface area contributed by atoms with E-state index in [4.69, 9.17) is 5.11 Å².